The van der Waals surface area contributed by atoms with Crippen molar-refractivity contribution in [3.8, 4) is 0 Å². The SMILES string of the molecule is CCNC(=O)[C@@H](C)N(Cc1ccccc1C)C(=O)CCCN(c1cc(Cl)ccc1Cl)S(C)(=O)=O. The second kappa shape index (κ2) is 12.4. The molecule has 0 spiro atoms. The Morgan fingerprint density at radius 1 is 1.12 bits per heavy atom. The molecule has 0 aliphatic carbocycles. The molecule has 34 heavy (non-hydrogen) atoms. The van der Waals surface area contributed by atoms with Crippen LogP contribution in [0, 0.1) is 6.92 Å². The van der Waals surface area contributed by atoms with E-state index in [4.69, 9.17) is 23.2 Å². The van der Waals surface area contributed by atoms with Gasteiger partial charge in [-0.25, -0.2) is 8.42 Å². The van der Waals surface area contributed by atoms with Gasteiger partial charge in [0.25, 0.3) is 0 Å². The first-order valence-corrected chi connectivity index (χ1v) is 13.6. The molecule has 0 aromatic heterocycles. The van der Waals surface area contributed by atoms with Gasteiger partial charge in [-0.05, 0) is 56.5 Å². The number of nitrogens with one attached hydrogen (secondary N) is 1. The van der Waals surface area contributed by atoms with E-state index in [0.29, 0.717) is 11.6 Å². The average molecular weight is 529 g/mol. The van der Waals surface area contributed by atoms with Gasteiger partial charge in [-0.2, -0.15) is 0 Å². The van der Waals surface area contributed by atoms with Crippen molar-refractivity contribution < 1.29 is 18.0 Å². The molecule has 2 amide bonds. The fraction of sp³-hybridized carbons (Fsp3) is 0.417. The highest BCUT2D eigenvalue weighted by molar-refractivity contribution is 7.92. The largest absolute Gasteiger partial charge is 0.355 e. The summed E-state index contributed by atoms with van der Waals surface area (Å²) in [6.45, 7) is 6.24. The van der Waals surface area contributed by atoms with Crippen LogP contribution in [-0.4, -0.2) is 50.5 Å². The number of hydrogen-bond donors (Lipinski definition) is 1. The highest BCUT2D eigenvalue weighted by Gasteiger charge is 2.27. The van der Waals surface area contributed by atoms with Crippen molar-refractivity contribution in [3.63, 3.8) is 0 Å². The lowest BCUT2D eigenvalue weighted by Gasteiger charge is -2.30. The minimum atomic E-state index is -3.67. The Hall–Kier alpha value is -2.29. The summed E-state index contributed by atoms with van der Waals surface area (Å²) in [6.07, 6.45) is 1.37. The number of aryl methyl sites for hydroxylation is 1. The van der Waals surface area contributed by atoms with Gasteiger partial charge in [0.15, 0.2) is 0 Å². The normalized spacial score (nSPS) is 12.2. The van der Waals surface area contributed by atoms with Crippen molar-refractivity contribution >= 4 is 50.7 Å². The summed E-state index contributed by atoms with van der Waals surface area (Å²) >= 11 is 12.3. The van der Waals surface area contributed by atoms with Gasteiger partial charge in [0.1, 0.15) is 6.04 Å². The van der Waals surface area contributed by atoms with Gasteiger partial charge in [0, 0.05) is 31.1 Å². The topological polar surface area (TPSA) is 86.8 Å². The van der Waals surface area contributed by atoms with Crippen LogP contribution >= 0.6 is 23.2 Å². The number of halogens is 2. The summed E-state index contributed by atoms with van der Waals surface area (Å²) in [6, 6.07) is 11.6. The van der Waals surface area contributed by atoms with Crippen LogP contribution in [0.2, 0.25) is 10.0 Å². The van der Waals surface area contributed by atoms with Crippen LogP contribution in [-0.2, 0) is 26.2 Å². The summed E-state index contributed by atoms with van der Waals surface area (Å²) in [4.78, 5) is 27.3. The maximum absolute atomic E-state index is 13.2. The number of sulfonamides is 1. The molecule has 2 rings (SSSR count). The van der Waals surface area contributed by atoms with Crippen molar-refractivity contribution in [1.82, 2.24) is 10.2 Å². The third-order valence-electron chi connectivity index (χ3n) is 5.45. The fourth-order valence-electron chi connectivity index (χ4n) is 3.53. The Labute approximate surface area is 212 Å². The molecule has 1 atom stereocenters. The Morgan fingerprint density at radius 3 is 2.41 bits per heavy atom. The van der Waals surface area contributed by atoms with Crippen molar-refractivity contribution in [2.24, 2.45) is 0 Å². The van der Waals surface area contributed by atoms with Crippen LogP contribution in [0.3, 0.4) is 0 Å². The third kappa shape index (κ3) is 7.61. The quantitative estimate of drug-likeness (QED) is 0.469. The van der Waals surface area contributed by atoms with E-state index in [1.54, 1.807) is 13.0 Å². The van der Waals surface area contributed by atoms with Gasteiger partial charge in [-0.15, -0.1) is 0 Å². The molecule has 7 nitrogen and oxygen atoms in total. The van der Waals surface area contributed by atoms with Crippen LogP contribution in [0.25, 0.3) is 0 Å². The number of amides is 2. The zero-order chi connectivity index (χ0) is 25.5. The number of likely N-dealkylation sites (N-methyl/N-ethyl adjacent to an activating group) is 1. The third-order valence-corrected chi connectivity index (χ3v) is 7.18. The molecule has 0 aliphatic heterocycles. The van der Waals surface area contributed by atoms with Crippen molar-refractivity contribution in [2.45, 2.75) is 46.2 Å². The van der Waals surface area contributed by atoms with Gasteiger partial charge in [-0.1, -0.05) is 47.5 Å². The molecule has 1 N–H and O–H groups in total. The zero-order valence-corrected chi connectivity index (χ0v) is 22.2. The maximum atomic E-state index is 13.2. The molecule has 0 bridgehead atoms. The standard InChI is InChI=1S/C24H31Cl2N3O4S/c1-5-27-24(31)18(3)28(16-19-10-7-6-9-17(19)2)23(30)11-8-14-29(34(4,32)33)22-15-20(25)12-13-21(22)26/h6-7,9-10,12-13,15,18H,5,8,11,14,16H2,1-4H3,(H,27,31)/t18-/m1/s1. The van der Waals surface area contributed by atoms with E-state index in [2.05, 4.69) is 5.32 Å². The fourth-order valence-corrected chi connectivity index (χ4v) is 4.94. The molecule has 0 unspecified atom stereocenters. The molecule has 0 saturated carbocycles. The lowest BCUT2D eigenvalue weighted by molar-refractivity contribution is -0.140. The molecule has 0 aliphatic rings. The molecule has 0 radical (unpaired) electrons. The smallest absolute Gasteiger partial charge is 0.242 e. The molecule has 10 heteroatoms. The van der Waals surface area contributed by atoms with Crippen LogP contribution in [0.15, 0.2) is 42.5 Å². The van der Waals surface area contributed by atoms with E-state index >= 15 is 0 Å². The van der Waals surface area contributed by atoms with Gasteiger partial charge >= 0.3 is 0 Å². The second-order valence-corrected chi connectivity index (χ2v) is 10.8. The lowest BCUT2D eigenvalue weighted by atomic mass is 10.1. The zero-order valence-electron chi connectivity index (χ0n) is 19.8. The maximum Gasteiger partial charge on any atom is 0.242 e. The highest BCUT2D eigenvalue weighted by Crippen LogP contribution is 2.31. The summed E-state index contributed by atoms with van der Waals surface area (Å²) < 4.78 is 26.0. The predicted octanol–water partition coefficient (Wildman–Crippen LogP) is 4.40. The molecule has 0 saturated heterocycles. The summed E-state index contributed by atoms with van der Waals surface area (Å²) in [7, 11) is -3.67. The van der Waals surface area contributed by atoms with Gasteiger partial charge in [0.2, 0.25) is 21.8 Å². The van der Waals surface area contributed by atoms with Crippen LogP contribution in [0.4, 0.5) is 5.69 Å². The van der Waals surface area contributed by atoms with Crippen molar-refractivity contribution in [2.75, 3.05) is 23.7 Å². The number of carbonyl (C=O) groups excluding carboxylic acids is 2. The van der Waals surface area contributed by atoms with E-state index in [9.17, 15) is 18.0 Å². The van der Waals surface area contributed by atoms with Crippen LogP contribution < -0.4 is 9.62 Å². The Kier molecular flexibility index (Phi) is 10.2. The minimum absolute atomic E-state index is 0.0401. The van der Waals surface area contributed by atoms with E-state index in [0.717, 1.165) is 21.7 Å². The molecular weight excluding hydrogens is 497 g/mol. The number of carbonyl (C=O) groups is 2. The second-order valence-electron chi connectivity index (χ2n) is 8.05. The number of hydrogen-bond acceptors (Lipinski definition) is 4. The molecule has 2 aromatic carbocycles. The first-order valence-electron chi connectivity index (χ1n) is 11.0. The van der Waals surface area contributed by atoms with Crippen molar-refractivity contribution in [1.29, 1.82) is 0 Å². The number of benzene rings is 2. The molecular formula is C24H31Cl2N3O4S. The summed E-state index contributed by atoms with van der Waals surface area (Å²) in [5.41, 5.74) is 2.22. The summed E-state index contributed by atoms with van der Waals surface area (Å²) in [5.74, 6) is -0.486. The number of nitrogens with zero attached hydrogens (tertiary/aromatic N) is 2. The van der Waals surface area contributed by atoms with E-state index < -0.39 is 16.1 Å². The Balaban J connectivity index is 2.20. The number of anilines is 1. The average Bonchev–Trinajstić information content (AvgIpc) is 2.76. The predicted molar refractivity (Wildman–Crippen MR) is 138 cm³/mol. The monoisotopic (exact) mass is 527 g/mol. The molecule has 2 aromatic rings. The first kappa shape index (κ1) is 28.0. The first-order chi connectivity index (χ1) is 16.0. The molecule has 0 fully saturated rings. The number of rotatable bonds is 11. The lowest BCUT2D eigenvalue weighted by Crippen LogP contribution is -2.47. The van der Waals surface area contributed by atoms with E-state index in [-0.39, 0.29) is 48.5 Å². The van der Waals surface area contributed by atoms with E-state index in [1.165, 1.54) is 17.0 Å². The minimum Gasteiger partial charge on any atom is -0.355 e. The van der Waals surface area contributed by atoms with Gasteiger partial charge in [-0.3, -0.25) is 13.9 Å². The molecule has 186 valence electrons. The highest BCUT2D eigenvalue weighted by atomic mass is 35.5. The van der Waals surface area contributed by atoms with Gasteiger partial charge in [0.05, 0.1) is 17.0 Å². The van der Waals surface area contributed by atoms with E-state index in [1.807, 2.05) is 38.1 Å². The molecule has 0 heterocycles. The van der Waals surface area contributed by atoms with Crippen molar-refractivity contribution in [3.05, 3.63) is 63.6 Å². The Morgan fingerprint density at radius 2 is 1.79 bits per heavy atom. The van der Waals surface area contributed by atoms with Gasteiger partial charge < -0.3 is 10.2 Å². The Bertz CT molecular complexity index is 1120. The van der Waals surface area contributed by atoms with Crippen LogP contribution in [0.1, 0.15) is 37.8 Å². The van der Waals surface area contributed by atoms with Crippen LogP contribution in [0.5, 0.6) is 0 Å². The summed E-state index contributed by atoms with van der Waals surface area (Å²) in [5, 5.41) is 3.35.